The monoisotopic (exact) mass is 276 g/mol. The van der Waals surface area contributed by atoms with Crippen LogP contribution in [0.1, 0.15) is 5.56 Å². The molecule has 8 heteroatoms. The molecule has 5 N–H and O–H groups in total. The smallest absolute Gasteiger partial charge is 0.208 e. The van der Waals surface area contributed by atoms with Crippen LogP contribution < -0.4 is 10.0 Å². The van der Waals surface area contributed by atoms with Crippen LogP contribution in [0.15, 0.2) is 12.1 Å². The number of aromatic hydroxyl groups is 3. The molecule has 0 amide bonds. The molecule has 0 aromatic heterocycles. The van der Waals surface area contributed by atoms with E-state index in [9.17, 15) is 18.6 Å². The van der Waals surface area contributed by atoms with Gasteiger partial charge in [-0.1, -0.05) is 6.07 Å². The maximum atomic E-state index is 10.8. The van der Waals surface area contributed by atoms with Crippen molar-refractivity contribution in [2.45, 2.75) is 6.54 Å². The Bertz CT molecular complexity index is 515. The molecular weight excluding hydrogens is 260 g/mol. The lowest BCUT2D eigenvalue weighted by Gasteiger charge is -2.09. The highest BCUT2D eigenvalue weighted by molar-refractivity contribution is 7.88. The quantitative estimate of drug-likeness (QED) is 0.351. The molecule has 0 saturated carbocycles. The van der Waals surface area contributed by atoms with E-state index in [1.54, 1.807) is 0 Å². The molecule has 0 spiro atoms. The zero-order valence-electron chi connectivity index (χ0n) is 9.84. The van der Waals surface area contributed by atoms with Crippen molar-refractivity contribution in [1.82, 2.24) is 10.0 Å². The summed E-state index contributed by atoms with van der Waals surface area (Å²) in [7, 11) is -3.20. The fourth-order valence-corrected chi connectivity index (χ4v) is 1.77. The lowest BCUT2D eigenvalue weighted by atomic mass is 10.1. The highest BCUT2D eigenvalue weighted by Crippen LogP contribution is 2.36. The van der Waals surface area contributed by atoms with Crippen molar-refractivity contribution in [2.75, 3.05) is 19.3 Å². The third-order valence-corrected chi connectivity index (χ3v) is 2.92. The molecule has 7 nitrogen and oxygen atoms in total. The summed E-state index contributed by atoms with van der Waals surface area (Å²) in [6, 6.07) is 2.72. The first-order valence-electron chi connectivity index (χ1n) is 5.19. The predicted octanol–water partition coefficient (Wildman–Crippen LogP) is -0.558. The Morgan fingerprint density at radius 2 is 1.78 bits per heavy atom. The number of phenols is 3. The van der Waals surface area contributed by atoms with Crippen LogP contribution in [0.3, 0.4) is 0 Å². The Balaban J connectivity index is 2.43. The van der Waals surface area contributed by atoms with Gasteiger partial charge >= 0.3 is 0 Å². The van der Waals surface area contributed by atoms with E-state index in [1.165, 1.54) is 12.1 Å². The van der Waals surface area contributed by atoms with Crippen molar-refractivity contribution in [3.05, 3.63) is 17.7 Å². The third kappa shape index (κ3) is 4.40. The summed E-state index contributed by atoms with van der Waals surface area (Å²) < 4.78 is 23.8. The molecule has 0 aliphatic carbocycles. The fourth-order valence-electron chi connectivity index (χ4n) is 1.30. The van der Waals surface area contributed by atoms with Gasteiger partial charge in [0.15, 0.2) is 11.5 Å². The molecule has 0 aliphatic rings. The molecule has 0 aliphatic heterocycles. The average molecular weight is 276 g/mol. The van der Waals surface area contributed by atoms with Crippen LogP contribution in [-0.2, 0) is 16.6 Å². The second kappa shape index (κ2) is 5.89. The Kier molecular flexibility index (Phi) is 4.76. The molecule has 18 heavy (non-hydrogen) atoms. The third-order valence-electron chi connectivity index (χ3n) is 2.19. The van der Waals surface area contributed by atoms with Gasteiger partial charge in [-0.15, -0.1) is 0 Å². The lowest BCUT2D eigenvalue weighted by Crippen LogP contribution is -2.30. The van der Waals surface area contributed by atoms with E-state index in [0.29, 0.717) is 12.1 Å². The number of sulfonamides is 1. The molecule has 1 rings (SSSR count). The number of benzene rings is 1. The van der Waals surface area contributed by atoms with Crippen molar-refractivity contribution >= 4 is 10.0 Å². The van der Waals surface area contributed by atoms with Gasteiger partial charge in [0.1, 0.15) is 0 Å². The summed E-state index contributed by atoms with van der Waals surface area (Å²) in [5, 5.41) is 30.8. The molecule has 0 fully saturated rings. The molecule has 1 aromatic carbocycles. The first kappa shape index (κ1) is 14.6. The van der Waals surface area contributed by atoms with Crippen molar-refractivity contribution in [3.63, 3.8) is 0 Å². The molecular formula is C10H16N2O5S. The zero-order chi connectivity index (χ0) is 13.8. The van der Waals surface area contributed by atoms with Gasteiger partial charge in [-0.3, -0.25) is 0 Å². The number of nitrogens with one attached hydrogen (secondary N) is 2. The van der Waals surface area contributed by atoms with Crippen molar-refractivity contribution in [3.8, 4) is 17.2 Å². The highest BCUT2D eigenvalue weighted by atomic mass is 32.2. The van der Waals surface area contributed by atoms with E-state index in [-0.39, 0.29) is 13.1 Å². The van der Waals surface area contributed by atoms with Crippen molar-refractivity contribution < 1.29 is 23.7 Å². The van der Waals surface area contributed by atoms with Crippen LogP contribution in [0, 0.1) is 0 Å². The van der Waals surface area contributed by atoms with E-state index in [1.807, 2.05) is 0 Å². The van der Waals surface area contributed by atoms with Crippen LogP contribution in [0.2, 0.25) is 0 Å². The molecule has 0 atom stereocenters. The van der Waals surface area contributed by atoms with Gasteiger partial charge < -0.3 is 20.6 Å². The normalized spacial score (nSPS) is 11.6. The summed E-state index contributed by atoms with van der Waals surface area (Å²) >= 11 is 0. The van der Waals surface area contributed by atoms with Gasteiger partial charge in [-0.25, -0.2) is 13.1 Å². The highest BCUT2D eigenvalue weighted by Gasteiger charge is 2.10. The van der Waals surface area contributed by atoms with Gasteiger partial charge in [0.25, 0.3) is 0 Å². The maximum absolute atomic E-state index is 10.8. The summed E-state index contributed by atoms with van der Waals surface area (Å²) in [5.74, 6) is -1.35. The van der Waals surface area contributed by atoms with E-state index in [2.05, 4.69) is 10.0 Å². The van der Waals surface area contributed by atoms with Crippen molar-refractivity contribution in [2.24, 2.45) is 0 Å². The van der Waals surface area contributed by atoms with Gasteiger partial charge in [0.2, 0.25) is 15.8 Å². The Morgan fingerprint density at radius 1 is 1.11 bits per heavy atom. The summed E-state index contributed by atoms with van der Waals surface area (Å²) in [5.41, 5.74) is 0.407. The standard InChI is InChI=1S/C10H16N2O5S/c1-18(16,17)12-5-4-11-6-7-2-3-8(13)10(15)9(7)14/h2-3,11-15H,4-6H2,1H3. The molecule has 0 heterocycles. The van der Waals surface area contributed by atoms with Crippen molar-refractivity contribution in [1.29, 1.82) is 0 Å². The number of hydrogen-bond acceptors (Lipinski definition) is 6. The van der Waals surface area contributed by atoms with Crippen LogP contribution in [-0.4, -0.2) is 43.1 Å². The Morgan fingerprint density at radius 3 is 2.39 bits per heavy atom. The van der Waals surface area contributed by atoms with Crippen LogP contribution >= 0.6 is 0 Å². The minimum atomic E-state index is -3.20. The minimum absolute atomic E-state index is 0.226. The second-order valence-corrected chi connectivity index (χ2v) is 5.62. The van der Waals surface area contributed by atoms with Gasteiger partial charge in [-0.2, -0.15) is 0 Å². The maximum Gasteiger partial charge on any atom is 0.208 e. The first-order chi connectivity index (χ1) is 8.31. The summed E-state index contributed by atoms with van der Waals surface area (Å²) in [6.45, 7) is 0.836. The van der Waals surface area contributed by atoms with Crippen LogP contribution in [0.4, 0.5) is 0 Å². The van der Waals surface area contributed by atoms with Gasteiger partial charge in [0, 0.05) is 25.2 Å². The molecule has 0 unspecified atom stereocenters. The van der Waals surface area contributed by atoms with Gasteiger partial charge in [-0.05, 0) is 6.07 Å². The van der Waals surface area contributed by atoms with E-state index < -0.39 is 27.3 Å². The zero-order valence-corrected chi connectivity index (χ0v) is 10.7. The summed E-state index contributed by atoms with van der Waals surface area (Å²) in [6.07, 6.45) is 1.07. The SMILES string of the molecule is CS(=O)(=O)NCCNCc1ccc(O)c(O)c1O. The fraction of sp³-hybridized carbons (Fsp3) is 0.400. The number of phenolic OH excluding ortho intramolecular Hbond substituents is 3. The Labute approximate surface area is 105 Å². The molecule has 0 saturated heterocycles. The van der Waals surface area contributed by atoms with E-state index >= 15 is 0 Å². The molecule has 1 aromatic rings. The lowest BCUT2D eigenvalue weighted by molar-refractivity contribution is 0.364. The number of rotatable bonds is 6. The van der Waals surface area contributed by atoms with E-state index in [4.69, 9.17) is 5.11 Å². The first-order valence-corrected chi connectivity index (χ1v) is 7.08. The predicted molar refractivity (Wildman–Crippen MR) is 66.0 cm³/mol. The summed E-state index contributed by atoms with van der Waals surface area (Å²) in [4.78, 5) is 0. The molecule has 0 radical (unpaired) electrons. The topological polar surface area (TPSA) is 119 Å². The minimum Gasteiger partial charge on any atom is -0.504 e. The Hall–Kier alpha value is -1.51. The largest absolute Gasteiger partial charge is 0.504 e. The molecule has 0 bridgehead atoms. The van der Waals surface area contributed by atoms with E-state index in [0.717, 1.165) is 6.26 Å². The van der Waals surface area contributed by atoms with Crippen LogP contribution in [0.5, 0.6) is 17.2 Å². The second-order valence-electron chi connectivity index (χ2n) is 3.78. The number of hydrogen-bond donors (Lipinski definition) is 5. The van der Waals surface area contributed by atoms with Gasteiger partial charge in [0.05, 0.1) is 6.26 Å². The molecule has 102 valence electrons. The van der Waals surface area contributed by atoms with Crippen LogP contribution in [0.25, 0.3) is 0 Å². The average Bonchev–Trinajstić information content (AvgIpc) is 2.27.